The fourth-order valence-corrected chi connectivity index (χ4v) is 4.27. The van der Waals surface area contributed by atoms with Crippen molar-refractivity contribution in [3.63, 3.8) is 0 Å². The SMILES string of the molecule is C=C/C=C(\C=NC)C(=O)Nc1cc(N2CCCCC2CCO)nc2c(C3CC3)cnn12. The molecule has 0 spiro atoms. The zero-order valence-electron chi connectivity index (χ0n) is 18.0. The minimum Gasteiger partial charge on any atom is -0.396 e. The quantitative estimate of drug-likeness (QED) is 0.387. The average Bonchev–Trinajstić information content (AvgIpc) is 3.53. The number of aromatic nitrogens is 3. The first-order chi connectivity index (χ1) is 15.2. The lowest BCUT2D eigenvalue weighted by molar-refractivity contribution is -0.112. The lowest BCUT2D eigenvalue weighted by Gasteiger charge is -2.36. The molecule has 8 heteroatoms. The Morgan fingerprint density at radius 2 is 2.23 bits per heavy atom. The molecule has 4 rings (SSSR count). The maximum absolute atomic E-state index is 12.9. The van der Waals surface area contributed by atoms with Gasteiger partial charge in [0.1, 0.15) is 11.6 Å². The lowest BCUT2D eigenvalue weighted by Crippen LogP contribution is -2.40. The van der Waals surface area contributed by atoms with Crippen molar-refractivity contribution in [3.05, 3.63) is 42.1 Å². The van der Waals surface area contributed by atoms with Gasteiger partial charge in [-0.15, -0.1) is 0 Å². The first kappa shape index (κ1) is 21.2. The van der Waals surface area contributed by atoms with E-state index in [1.807, 2.05) is 12.3 Å². The minimum atomic E-state index is -0.280. The summed E-state index contributed by atoms with van der Waals surface area (Å²) in [4.78, 5) is 24.1. The Balaban J connectivity index is 1.76. The predicted molar refractivity (Wildman–Crippen MR) is 123 cm³/mol. The van der Waals surface area contributed by atoms with Crippen molar-refractivity contribution in [2.45, 2.75) is 50.5 Å². The van der Waals surface area contributed by atoms with Crippen molar-refractivity contribution in [2.24, 2.45) is 4.99 Å². The molecule has 2 aliphatic rings. The lowest BCUT2D eigenvalue weighted by atomic mass is 9.99. The van der Waals surface area contributed by atoms with Gasteiger partial charge in [-0.3, -0.25) is 9.79 Å². The summed E-state index contributed by atoms with van der Waals surface area (Å²) in [5.74, 6) is 1.60. The molecule has 3 heterocycles. The summed E-state index contributed by atoms with van der Waals surface area (Å²) in [5.41, 5.74) is 2.33. The van der Waals surface area contributed by atoms with Crippen molar-refractivity contribution in [1.29, 1.82) is 0 Å². The highest BCUT2D eigenvalue weighted by atomic mass is 16.3. The van der Waals surface area contributed by atoms with Gasteiger partial charge in [-0.25, -0.2) is 4.98 Å². The van der Waals surface area contributed by atoms with Crippen LogP contribution in [0.3, 0.4) is 0 Å². The maximum Gasteiger partial charge on any atom is 0.258 e. The van der Waals surface area contributed by atoms with Gasteiger partial charge in [0.25, 0.3) is 5.91 Å². The highest BCUT2D eigenvalue weighted by molar-refractivity contribution is 6.17. The molecule has 0 bridgehead atoms. The Bertz CT molecular complexity index is 1020. The minimum absolute atomic E-state index is 0.152. The van der Waals surface area contributed by atoms with Crippen LogP contribution in [0.15, 0.2) is 41.6 Å². The Kier molecular flexibility index (Phi) is 6.46. The molecule has 8 nitrogen and oxygen atoms in total. The van der Waals surface area contributed by atoms with Crippen molar-refractivity contribution < 1.29 is 9.90 Å². The highest BCUT2D eigenvalue weighted by Gasteiger charge is 2.30. The smallest absolute Gasteiger partial charge is 0.258 e. The van der Waals surface area contributed by atoms with Crippen molar-refractivity contribution in [1.82, 2.24) is 14.6 Å². The van der Waals surface area contributed by atoms with Crippen molar-refractivity contribution in [3.8, 4) is 0 Å². The zero-order valence-corrected chi connectivity index (χ0v) is 18.0. The number of nitrogens with zero attached hydrogens (tertiary/aromatic N) is 5. The van der Waals surface area contributed by atoms with Gasteiger partial charge in [0.05, 0.1) is 11.8 Å². The molecule has 0 aromatic carbocycles. The molecule has 0 radical (unpaired) electrons. The first-order valence-electron chi connectivity index (χ1n) is 11.0. The maximum atomic E-state index is 12.9. The van der Waals surface area contributed by atoms with Gasteiger partial charge in [-0.2, -0.15) is 9.61 Å². The second kappa shape index (κ2) is 9.43. The van der Waals surface area contributed by atoms with E-state index in [1.165, 1.54) is 6.21 Å². The molecule has 1 amide bonds. The van der Waals surface area contributed by atoms with E-state index in [4.69, 9.17) is 4.98 Å². The predicted octanol–water partition coefficient (Wildman–Crippen LogP) is 3.10. The number of nitrogens with one attached hydrogen (secondary N) is 1. The van der Waals surface area contributed by atoms with Crippen LogP contribution in [0, 0.1) is 0 Å². The Morgan fingerprint density at radius 1 is 1.39 bits per heavy atom. The number of fused-ring (bicyclic) bond motifs is 1. The summed E-state index contributed by atoms with van der Waals surface area (Å²) in [6.07, 6.45) is 12.8. The molecule has 1 unspecified atom stereocenters. The Labute approximate surface area is 182 Å². The fourth-order valence-electron chi connectivity index (χ4n) is 4.27. The number of carbonyl (C=O) groups is 1. The van der Waals surface area contributed by atoms with Crippen LogP contribution in [-0.2, 0) is 4.79 Å². The summed E-state index contributed by atoms with van der Waals surface area (Å²) >= 11 is 0. The molecule has 31 heavy (non-hydrogen) atoms. The number of hydrogen-bond donors (Lipinski definition) is 2. The molecule has 1 saturated heterocycles. The molecular formula is C23H30N6O2. The summed E-state index contributed by atoms with van der Waals surface area (Å²) < 4.78 is 1.72. The van der Waals surface area contributed by atoms with Gasteiger partial charge in [-0.1, -0.05) is 12.7 Å². The third-order valence-electron chi connectivity index (χ3n) is 5.96. The van der Waals surface area contributed by atoms with E-state index >= 15 is 0 Å². The van der Waals surface area contributed by atoms with Gasteiger partial charge in [0, 0.05) is 44.1 Å². The number of aliphatic hydroxyl groups excluding tert-OH is 1. The molecule has 164 valence electrons. The second-order valence-electron chi connectivity index (χ2n) is 8.16. The van der Waals surface area contributed by atoms with Gasteiger partial charge in [0.15, 0.2) is 5.65 Å². The summed E-state index contributed by atoms with van der Waals surface area (Å²) in [7, 11) is 1.63. The highest BCUT2D eigenvalue weighted by Crippen LogP contribution is 2.42. The van der Waals surface area contributed by atoms with Gasteiger partial charge in [0.2, 0.25) is 0 Å². The van der Waals surface area contributed by atoms with Gasteiger partial charge < -0.3 is 15.3 Å². The number of anilines is 2. The average molecular weight is 423 g/mol. The van der Waals surface area contributed by atoms with E-state index in [0.717, 1.165) is 55.7 Å². The summed E-state index contributed by atoms with van der Waals surface area (Å²) in [6, 6.07) is 2.13. The number of hydrogen-bond acceptors (Lipinski definition) is 6. The standard InChI is InChI=1S/C23H30N6O2/c1-3-6-17(14-24-2)23(31)27-21-13-20(28-11-5-4-7-18(28)10-12-30)26-22-19(16-8-9-16)15-25-29(21)22/h3,6,13-16,18,30H,1,4-5,7-12H2,2H3,(H,27,31)/b17-6+,24-14?. The number of aliphatic imine (C=N–C) groups is 1. The van der Waals surface area contributed by atoms with Crippen LogP contribution in [0.25, 0.3) is 5.65 Å². The van der Waals surface area contributed by atoms with Crippen molar-refractivity contribution >= 4 is 29.4 Å². The molecular weight excluding hydrogens is 392 g/mol. The first-order valence-corrected chi connectivity index (χ1v) is 11.0. The Morgan fingerprint density at radius 3 is 2.94 bits per heavy atom. The van der Waals surface area contributed by atoms with E-state index in [2.05, 4.69) is 26.9 Å². The molecule has 2 fully saturated rings. The molecule has 1 aliphatic carbocycles. The largest absolute Gasteiger partial charge is 0.396 e. The summed E-state index contributed by atoms with van der Waals surface area (Å²) in [6.45, 7) is 4.72. The monoisotopic (exact) mass is 422 g/mol. The van der Waals surface area contributed by atoms with Crippen molar-refractivity contribution in [2.75, 3.05) is 30.4 Å². The molecule has 2 aromatic rings. The van der Waals surface area contributed by atoms with Crippen LogP contribution in [0.5, 0.6) is 0 Å². The number of rotatable bonds is 8. The zero-order chi connectivity index (χ0) is 21.8. The topological polar surface area (TPSA) is 95.1 Å². The van der Waals surface area contributed by atoms with E-state index in [1.54, 1.807) is 23.7 Å². The van der Waals surface area contributed by atoms with E-state index in [0.29, 0.717) is 23.7 Å². The molecule has 2 N–H and O–H groups in total. The molecule has 1 aliphatic heterocycles. The molecule has 1 atom stereocenters. The van der Waals surface area contributed by atoms with E-state index in [-0.39, 0.29) is 18.6 Å². The summed E-state index contributed by atoms with van der Waals surface area (Å²) in [5, 5.41) is 17.1. The van der Waals surface area contributed by atoms with Crippen LogP contribution in [0.1, 0.15) is 50.0 Å². The van der Waals surface area contributed by atoms with Crippen LogP contribution < -0.4 is 10.2 Å². The van der Waals surface area contributed by atoms with Gasteiger partial charge >= 0.3 is 0 Å². The number of piperidine rings is 1. The third-order valence-corrected chi connectivity index (χ3v) is 5.96. The normalized spacial score (nSPS) is 19.9. The number of amides is 1. The number of aliphatic hydroxyl groups is 1. The molecule has 2 aromatic heterocycles. The van der Waals surface area contributed by atoms with Gasteiger partial charge in [-0.05, 0) is 50.5 Å². The van der Waals surface area contributed by atoms with Crippen LogP contribution in [0.4, 0.5) is 11.6 Å². The van der Waals surface area contributed by atoms with Crippen LogP contribution in [-0.4, -0.2) is 58.1 Å². The Hall–Kier alpha value is -3.00. The second-order valence-corrected chi connectivity index (χ2v) is 8.16. The van der Waals surface area contributed by atoms with E-state index < -0.39 is 0 Å². The number of allylic oxidation sites excluding steroid dienone is 2. The van der Waals surface area contributed by atoms with Crippen LogP contribution in [0.2, 0.25) is 0 Å². The fraction of sp³-hybridized carbons (Fsp3) is 0.478. The van der Waals surface area contributed by atoms with E-state index in [9.17, 15) is 9.90 Å². The van der Waals surface area contributed by atoms with Crippen LogP contribution >= 0.6 is 0 Å². The third kappa shape index (κ3) is 4.54. The molecule has 1 saturated carbocycles. The number of carbonyl (C=O) groups excluding carboxylic acids is 1.